The van der Waals surface area contributed by atoms with Crippen LogP contribution in [0.5, 0.6) is 0 Å². The Labute approximate surface area is 74.3 Å². The maximum Gasteiger partial charge on any atom is 0.163 e. The second-order valence-corrected chi connectivity index (χ2v) is 3.45. The molecule has 1 rings (SSSR count). The summed E-state index contributed by atoms with van der Waals surface area (Å²) in [6.45, 7) is 2.87. The van der Waals surface area contributed by atoms with Crippen molar-refractivity contribution < 1.29 is 9.53 Å². The summed E-state index contributed by atoms with van der Waals surface area (Å²) in [5, 5.41) is 0. The summed E-state index contributed by atoms with van der Waals surface area (Å²) in [7, 11) is 0. The van der Waals surface area contributed by atoms with E-state index < -0.39 is 0 Å². The van der Waals surface area contributed by atoms with Gasteiger partial charge in [-0.2, -0.15) is 0 Å². The molecule has 70 valence electrons. The highest BCUT2D eigenvalue weighted by molar-refractivity contribution is 5.84. The zero-order valence-electron chi connectivity index (χ0n) is 7.84. The first-order valence-corrected chi connectivity index (χ1v) is 4.99. The van der Waals surface area contributed by atoms with Gasteiger partial charge in [0.05, 0.1) is 6.61 Å². The summed E-state index contributed by atoms with van der Waals surface area (Å²) >= 11 is 0. The summed E-state index contributed by atoms with van der Waals surface area (Å²) in [4.78, 5) is 11.1. The number of hydrogen-bond donors (Lipinski definition) is 0. The van der Waals surface area contributed by atoms with E-state index >= 15 is 0 Å². The normalized spacial score (nSPS) is 20.9. The first kappa shape index (κ1) is 9.72. The molecular weight excluding hydrogens is 152 g/mol. The molecule has 2 nitrogen and oxygen atoms in total. The standard InChI is InChI=1S/C10H18O2/c1-2-3-4-5-6-7-9(11)10-8-12-10/h10H,2-8H2,1H3. The molecule has 1 atom stereocenters. The van der Waals surface area contributed by atoms with Crippen molar-refractivity contribution in [3.63, 3.8) is 0 Å². The van der Waals surface area contributed by atoms with Crippen molar-refractivity contribution in [2.45, 2.75) is 51.6 Å². The topological polar surface area (TPSA) is 29.6 Å². The minimum absolute atomic E-state index is 0.0174. The molecule has 0 radical (unpaired) electrons. The van der Waals surface area contributed by atoms with Crippen molar-refractivity contribution in [1.82, 2.24) is 0 Å². The number of rotatable bonds is 7. The maximum atomic E-state index is 11.1. The van der Waals surface area contributed by atoms with E-state index in [1.54, 1.807) is 0 Å². The third kappa shape index (κ3) is 3.86. The van der Waals surface area contributed by atoms with Crippen LogP contribution in [0.1, 0.15) is 45.4 Å². The smallest absolute Gasteiger partial charge is 0.163 e. The van der Waals surface area contributed by atoms with Gasteiger partial charge in [-0.15, -0.1) is 0 Å². The predicted octanol–water partition coefficient (Wildman–Crippen LogP) is 2.31. The first-order chi connectivity index (χ1) is 5.84. The van der Waals surface area contributed by atoms with Crippen LogP contribution in [0.25, 0.3) is 0 Å². The van der Waals surface area contributed by atoms with Crippen LogP contribution >= 0.6 is 0 Å². The van der Waals surface area contributed by atoms with Crippen LogP contribution in [0.4, 0.5) is 0 Å². The average molecular weight is 170 g/mol. The molecule has 0 spiro atoms. The van der Waals surface area contributed by atoms with Crippen molar-refractivity contribution in [3.8, 4) is 0 Å². The highest BCUT2D eigenvalue weighted by Gasteiger charge is 2.29. The Balaban J connectivity index is 1.84. The molecule has 12 heavy (non-hydrogen) atoms. The third-order valence-corrected chi connectivity index (χ3v) is 2.22. The van der Waals surface area contributed by atoms with Gasteiger partial charge in [0, 0.05) is 6.42 Å². The van der Waals surface area contributed by atoms with E-state index in [0.29, 0.717) is 12.4 Å². The lowest BCUT2D eigenvalue weighted by Crippen LogP contribution is -2.05. The number of Topliss-reactive ketones (excluding diaryl/α,β-unsaturated/α-hetero) is 1. The Morgan fingerprint density at radius 2 is 2.00 bits per heavy atom. The van der Waals surface area contributed by atoms with E-state index in [2.05, 4.69) is 6.92 Å². The number of unbranched alkanes of at least 4 members (excludes halogenated alkanes) is 4. The zero-order chi connectivity index (χ0) is 8.81. The van der Waals surface area contributed by atoms with E-state index in [1.165, 1.54) is 25.7 Å². The van der Waals surface area contributed by atoms with E-state index in [9.17, 15) is 4.79 Å². The van der Waals surface area contributed by atoms with Gasteiger partial charge in [-0.25, -0.2) is 0 Å². The molecule has 1 saturated heterocycles. The van der Waals surface area contributed by atoms with Crippen molar-refractivity contribution in [1.29, 1.82) is 0 Å². The third-order valence-electron chi connectivity index (χ3n) is 2.22. The molecule has 0 aromatic heterocycles. The summed E-state index contributed by atoms with van der Waals surface area (Å²) in [6, 6.07) is 0. The number of carbonyl (C=O) groups is 1. The SMILES string of the molecule is CCCCCCCC(=O)C1CO1. The van der Waals surface area contributed by atoms with Crippen LogP contribution in [0, 0.1) is 0 Å². The van der Waals surface area contributed by atoms with E-state index in [4.69, 9.17) is 4.74 Å². The Morgan fingerprint density at radius 1 is 1.33 bits per heavy atom. The monoisotopic (exact) mass is 170 g/mol. The average Bonchev–Trinajstić information content (AvgIpc) is 2.86. The molecule has 1 fully saturated rings. The lowest BCUT2D eigenvalue weighted by Gasteiger charge is -1.97. The molecule has 0 saturated carbocycles. The minimum Gasteiger partial charge on any atom is -0.365 e. The van der Waals surface area contributed by atoms with Gasteiger partial charge in [0.15, 0.2) is 5.78 Å². The number of hydrogen-bond acceptors (Lipinski definition) is 2. The zero-order valence-corrected chi connectivity index (χ0v) is 7.84. The maximum absolute atomic E-state index is 11.1. The molecule has 2 heteroatoms. The summed E-state index contributed by atoms with van der Waals surface area (Å²) in [5.74, 6) is 0.312. The van der Waals surface area contributed by atoms with Crippen LogP contribution in [-0.4, -0.2) is 18.5 Å². The van der Waals surface area contributed by atoms with E-state index in [1.807, 2.05) is 0 Å². The Hall–Kier alpha value is -0.370. The van der Waals surface area contributed by atoms with Crippen molar-refractivity contribution in [2.75, 3.05) is 6.61 Å². The summed E-state index contributed by atoms with van der Waals surface area (Å²) in [5.41, 5.74) is 0. The molecule has 1 unspecified atom stereocenters. The van der Waals surface area contributed by atoms with Crippen molar-refractivity contribution in [2.24, 2.45) is 0 Å². The highest BCUT2D eigenvalue weighted by atomic mass is 16.6. The largest absolute Gasteiger partial charge is 0.365 e. The quantitative estimate of drug-likeness (QED) is 0.433. The molecule has 1 aliphatic heterocycles. The van der Waals surface area contributed by atoms with Crippen molar-refractivity contribution >= 4 is 5.78 Å². The van der Waals surface area contributed by atoms with Gasteiger partial charge < -0.3 is 4.74 Å². The van der Waals surface area contributed by atoms with Crippen molar-refractivity contribution in [3.05, 3.63) is 0 Å². The number of epoxide rings is 1. The lowest BCUT2D eigenvalue weighted by atomic mass is 10.1. The van der Waals surface area contributed by atoms with Crippen LogP contribution in [0.3, 0.4) is 0 Å². The molecule has 0 aromatic carbocycles. The van der Waals surface area contributed by atoms with Crippen LogP contribution in [-0.2, 0) is 9.53 Å². The Kier molecular flexibility index (Phi) is 4.30. The van der Waals surface area contributed by atoms with E-state index in [-0.39, 0.29) is 6.10 Å². The fourth-order valence-corrected chi connectivity index (χ4v) is 1.30. The molecule has 1 heterocycles. The van der Waals surface area contributed by atoms with Gasteiger partial charge in [-0.05, 0) is 6.42 Å². The van der Waals surface area contributed by atoms with Crippen LogP contribution < -0.4 is 0 Å². The minimum atomic E-state index is -0.0174. The number of ketones is 1. The second kappa shape index (κ2) is 5.31. The lowest BCUT2D eigenvalue weighted by molar-refractivity contribution is -0.120. The molecule has 0 N–H and O–H groups in total. The fraction of sp³-hybridized carbons (Fsp3) is 0.900. The van der Waals surface area contributed by atoms with Gasteiger partial charge in [0.1, 0.15) is 6.10 Å². The summed E-state index contributed by atoms with van der Waals surface area (Å²) in [6.07, 6.45) is 6.80. The Bertz CT molecular complexity index is 139. The van der Waals surface area contributed by atoms with Crippen LogP contribution in [0.15, 0.2) is 0 Å². The fourth-order valence-electron chi connectivity index (χ4n) is 1.30. The van der Waals surface area contributed by atoms with Gasteiger partial charge in [0.2, 0.25) is 0 Å². The molecule has 0 bridgehead atoms. The van der Waals surface area contributed by atoms with Crippen LogP contribution in [0.2, 0.25) is 0 Å². The van der Waals surface area contributed by atoms with Gasteiger partial charge in [0.25, 0.3) is 0 Å². The number of ether oxygens (including phenoxy) is 1. The molecule has 0 aromatic rings. The van der Waals surface area contributed by atoms with Gasteiger partial charge >= 0.3 is 0 Å². The molecule has 0 amide bonds. The molecule has 0 aliphatic carbocycles. The second-order valence-electron chi connectivity index (χ2n) is 3.45. The highest BCUT2D eigenvalue weighted by Crippen LogP contribution is 2.14. The molecular formula is C10H18O2. The summed E-state index contributed by atoms with van der Waals surface area (Å²) < 4.78 is 4.90. The van der Waals surface area contributed by atoms with E-state index in [0.717, 1.165) is 12.8 Å². The molecule has 1 aliphatic rings. The predicted molar refractivity (Wildman–Crippen MR) is 48.1 cm³/mol. The van der Waals surface area contributed by atoms with Gasteiger partial charge in [-0.1, -0.05) is 32.6 Å². The first-order valence-electron chi connectivity index (χ1n) is 4.99. The van der Waals surface area contributed by atoms with Gasteiger partial charge in [-0.3, -0.25) is 4.79 Å². The Morgan fingerprint density at radius 3 is 2.58 bits per heavy atom. The number of carbonyl (C=O) groups excluding carboxylic acids is 1.